The molecule has 0 radical (unpaired) electrons. The number of rotatable bonds is 7. The van der Waals surface area contributed by atoms with Gasteiger partial charge in [-0.1, -0.05) is 19.1 Å². The molecule has 0 saturated carbocycles. The van der Waals surface area contributed by atoms with Crippen molar-refractivity contribution in [1.82, 2.24) is 0 Å². The average Bonchev–Trinajstić information content (AvgIpc) is 2.34. The molecule has 0 aliphatic rings. The van der Waals surface area contributed by atoms with Gasteiger partial charge in [0.05, 0.1) is 6.10 Å². The van der Waals surface area contributed by atoms with Gasteiger partial charge in [-0.25, -0.2) is 4.39 Å². The summed E-state index contributed by atoms with van der Waals surface area (Å²) in [5, 5.41) is 0. The van der Waals surface area contributed by atoms with Crippen LogP contribution in [0.1, 0.15) is 26.3 Å². The smallest absolute Gasteiger partial charge is 0.300 e. The monoisotopic (exact) mass is 338 g/mol. The number of halogens is 1. The molecule has 120 valence electrons. The maximum absolute atomic E-state index is 13.8. The van der Waals surface area contributed by atoms with Gasteiger partial charge in [0.15, 0.2) is 0 Å². The Hall–Kier alpha value is -0.750. The third-order valence-corrected chi connectivity index (χ3v) is 5.58. The molecule has 0 fully saturated rings. The Morgan fingerprint density at radius 3 is 2.48 bits per heavy atom. The number of hydrogen-bond donors (Lipinski definition) is 0. The van der Waals surface area contributed by atoms with E-state index in [1.54, 1.807) is 20.8 Å². The van der Waals surface area contributed by atoms with Crippen LogP contribution in [0.3, 0.4) is 0 Å². The zero-order valence-electron chi connectivity index (χ0n) is 12.5. The second-order valence-electron chi connectivity index (χ2n) is 4.95. The Balaban J connectivity index is 3.01. The standard InChI is InChI=1S/C13H20FO5PS/c1-5-11-7-6-8-12(14)13(11)21(16,17)18-9-20(4,15)19-10(2)3/h6-8,10H,5,9H2,1-4H3. The normalized spacial score (nSPS) is 15.1. The molecule has 0 aromatic heterocycles. The van der Waals surface area contributed by atoms with Crippen LogP contribution in [-0.4, -0.2) is 27.5 Å². The lowest BCUT2D eigenvalue weighted by atomic mass is 10.2. The van der Waals surface area contributed by atoms with E-state index in [4.69, 9.17) is 8.71 Å². The summed E-state index contributed by atoms with van der Waals surface area (Å²) in [6.45, 7) is 6.35. The highest BCUT2D eigenvalue weighted by Crippen LogP contribution is 2.44. The summed E-state index contributed by atoms with van der Waals surface area (Å²) in [6.07, 6.45) is -0.612. The van der Waals surface area contributed by atoms with Crippen LogP contribution in [0.15, 0.2) is 23.1 Å². The van der Waals surface area contributed by atoms with E-state index in [2.05, 4.69) is 0 Å². The second kappa shape index (κ2) is 7.01. The Kier molecular flexibility index (Phi) is 6.11. The molecule has 21 heavy (non-hydrogen) atoms. The molecule has 0 amide bonds. The van der Waals surface area contributed by atoms with E-state index in [0.717, 1.165) is 6.07 Å². The molecule has 1 atom stereocenters. The van der Waals surface area contributed by atoms with E-state index in [1.165, 1.54) is 18.8 Å². The van der Waals surface area contributed by atoms with Gasteiger partial charge in [-0.15, -0.1) is 0 Å². The third-order valence-electron chi connectivity index (χ3n) is 2.56. The lowest BCUT2D eigenvalue weighted by Gasteiger charge is -2.17. The summed E-state index contributed by atoms with van der Waals surface area (Å²) in [5.74, 6) is -0.884. The molecule has 0 N–H and O–H groups in total. The number of hydrogen-bond acceptors (Lipinski definition) is 5. The minimum Gasteiger partial charge on any atom is -0.324 e. The quantitative estimate of drug-likeness (QED) is 0.563. The van der Waals surface area contributed by atoms with Crippen LogP contribution in [-0.2, 0) is 29.8 Å². The van der Waals surface area contributed by atoms with Gasteiger partial charge in [0.2, 0.25) is 7.37 Å². The molecule has 1 rings (SSSR count). The van der Waals surface area contributed by atoms with Crippen LogP contribution >= 0.6 is 7.37 Å². The fourth-order valence-electron chi connectivity index (χ4n) is 1.81. The fraction of sp³-hybridized carbons (Fsp3) is 0.538. The SMILES string of the molecule is CCc1cccc(F)c1S(=O)(=O)OCP(C)(=O)OC(C)C. The average molecular weight is 338 g/mol. The van der Waals surface area contributed by atoms with Gasteiger partial charge in [0.25, 0.3) is 0 Å². The number of benzene rings is 1. The predicted molar refractivity (Wildman–Crippen MR) is 78.7 cm³/mol. The largest absolute Gasteiger partial charge is 0.324 e. The summed E-state index contributed by atoms with van der Waals surface area (Å²) < 4.78 is 60.0. The Morgan fingerprint density at radius 1 is 1.33 bits per heavy atom. The molecule has 0 bridgehead atoms. The summed E-state index contributed by atoms with van der Waals surface area (Å²) in [5.41, 5.74) is 0.311. The van der Waals surface area contributed by atoms with Crippen molar-refractivity contribution < 1.29 is 26.1 Å². The van der Waals surface area contributed by atoms with Gasteiger partial charge in [-0.3, -0.25) is 8.75 Å². The summed E-state index contributed by atoms with van der Waals surface area (Å²) in [4.78, 5) is -0.503. The van der Waals surface area contributed by atoms with E-state index in [1.807, 2.05) is 0 Å². The molecule has 8 heteroatoms. The van der Waals surface area contributed by atoms with Gasteiger partial charge >= 0.3 is 10.1 Å². The zero-order chi connectivity index (χ0) is 16.3. The molecule has 0 heterocycles. The molecule has 0 aliphatic heterocycles. The third kappa shape index (κ3) is 5.18. The molecule has 1 unspecified atom stereocenters. The number of aryl methyl sites for hydroxylation is 1. The first-order valence-electron chi connectivity index (χ1n) is 6.51. The van der Waals surface area contributed by atoms with Gasteiger partial charge in [-0.2, -0.15) is 8.42 Å². The van der Waals surface area contributed by atoms with Crippen molar-refractivity contribution in [3.63, 3.8) is 0 Å². The van der Waals surface area contributed by atoms with Crippen LogP contribution in [0.5, 0.6) is 0 Å². The van der Waals surface area contributed by atoms with Crippen molar-refractivity contribution in [3.8, 4) is 0 Å². The highest BCUT2D eigenvalue weighted by atomic mass is 32.2. The van der Waals surface area contributed by atoms with Crippen LogP contribution in [0.25, 0.3) is 0 Å². The van der Waals surface area contributed by atoms with Crippen molar-refractivity contribution in [1.29, 1.82) is 0 Å². The molecule has 0 spiro atoms. The van der Waals surface area contributed by atoms with Crippen molar-refractivity contribution in [2.24, 2.45) is 0 Å². The summed E-state index contributed by atoms with van der Waals surface area (Å²) in [6, 6.07) is 3.99. The molecular weight excluding hydrogens is 318 g/mol. The van der Waals surface area contributed by atoms with Crippen LogP contribution < -0.4 is 0 Å². The van der Waals surface area contributed by atoms with E-state index in [0.29, 0.717) is 12.0 Å². The van der Waals surface area contributed by atoms with Crippen molar-refractivity contribution in [2.45, 2.75) is 38.2 Å². The first-order chi connectivity index (χ1) is 9.59. The van der Waals surface area contributed by atoms with Gasteiger partial charge in [0, 0.05) is 6.66 Å². The van der Waals surface area contributed by atoms with Gasteiger partial charge in [0.1, 0.15) is 17.1 Å². The van der Waals surface area contributed by atoms with E-state index in [9.17, 15) is 17.4 Å². The lowest BCUT2D eigenvalue weighted by molar-refractivity contribution is 0.230. The lowest BCUT2D eigenvalue weighted by Crippen LogP contribution is -2.13. The maximum atomic E-state index is 13.8. The molecule has 0 aliphatic carbocycles. The van der Waals surface area contributed by atoms with Crippen molar-refractivity contribution in [3.05, 3.63) is 29.6 Å². The molecule has 1 aromatic carbocycles. The van der Waals surface area contributed by atoms with Gasteiger partial charge in [-0.05, 0) is 31.9 Å². The Bertz CT molecular complexity index is 642. The zero-order valence-corrected chi connectivity index (χ0v) is 14.2. The minimum absolute atomic E-state index is 0.311. The Labute approximate surface area is 125 Å². The van der Waals surface area contributed by atoms with Crippen molar-refractivity contribution in [2.75, 3.05) is 13.0 Å². The molecule has 5 nitrogen and oxygen atoms in total. The van der Waals surface area contributed by atoms with E-state index in [-0.39, 0.29) is 6.10 Å². The van der Waals surface area contributed by atoms with Crippen LogP contribution in [0.4, 0.5) is 4.39 Å². The molecule has 1 aromatic rings. The van der Waals surface area contributed by atoms with E-state index < -0.39 is 34.5 Å². The summed E-state index contributed by atoms with van der Waals surface area (Å²) in [7, 11) is -7.56. The maximum Gasteiger partial charge on any atom is 0.300 e. The highest BCUT2D eigenvalue weighted by molar-refractivity contribution is 7.87. The topological polar surface area (TPSA) is 69.7 Å². The van der Waals surface area contributed by atoms with Gasteiger partial charge < -0.3 is 4.52 Å². The van der Waals surface area contributed by atoms with Crippen molar-refractivity contribution >= 4 is 17.5 Å². The predicted octanol–water partition coefficient (Wildman–Crippen LogP) is 3.38. The molecular formula is C13H20FO5PS. The van der Waals surface area contributed by atoms with E-state index >= 15 is 0 Å². The minimum atomic E-state index is -4.33. The Morgan fingerprint density at radius 2 is 1.95 bits per heavy atom. The molecule has 0 saturated heterocycles. The first kappa shape index (κ1) is 18.3. The fourth-order valence-corrected chi connectivity index (χ4v) is 5.04. The highest BCUT2D eigenvalue weighted by Gasteiger charge is 2.28. The first-order valence-corrected chi connectivity index (χ1v) is 10.2. The second-order valence-corrected chi connectivity index (χ2v) is 9.00. The summed E-state index contributed by atoms with van der Waals surface area (Å²) >= 11 is 0. The van der Waals surface area contributed by atoms with Crippen LogP contribution in [0.2, 0.25) is 0 Å². The van der Waals surface area contributed by atoms with Crippen LogP contribution in [0, 0.1) is 5.82 Å².